The van der Waals surface area contributed by atoms with Crippen molar-refractivity contribution in [3.8, 4) is 0 Å². The van der Waals surface area contributed by atoms with Gasteiger partial charge in [0.15, 0.2) is 5.78 Å². The highest BCUT2D eigenvalue weighted by Crippen LogP contribution is 2.25. The first-order valence-corrected chi connectivity index (χ1v) is 8.85. The number of piperazine rings is 1. The lowest BCUT2D eigenvalue weighted by molar-refractivity contribution is 0.101. The van der Waals surface area contributed by atoms with E-state index in [0.29, 0.717) is 49.2 Å². The quantitative estimate of drug-likeness (QED) is 0.720. The molecule has 0 amide bonds. The molecule has 0 radical (unpaired) electrons. The third kappa shape index (κ3) is 3.28. The molecule has 0 spiro atoms. The molecule has 7 heteroatoms. The monoisotopic (exact) mass is 365 g/mol. The Morgan fingerprint density at radius 2 is 1.74 bits per heavy atom. The summed E-state index contributed by atoms with van der Waals surface area (Å²) in [5, 5.41) is 0.840. The van der Waals surface area contributed by atoms with Crippen molar-refractivity contribution in [3.05, 3.63) is 53.8 Å². The summed E-state index contributed by atoms with van der Waals surface area (Å²) < 4.78 is 14.4. The van der Waals surface area contributed by atoms with Crippen LogP contribution in [0, 0.1) is 5.82 Å². The molecule has 2 N–H and O–H groups in total. The van der Waals surface area contributed by atoms with Crippen LogP contribution in [0.3, 0.4) is 0 Å². The van der Waals surface area contributed by atoms with E-state index in [2.05, 4.69) is 14.9 Å². The van der Waals surface area contributed by atoms with Gasteiger partial charge in [0.2, 0.25) is 5.95 Å². The molecule has 27 heavy (non-hydrogen) atoms. The van der Waals surface area contributed by atoms with Gasteiger partial charge >= 0.3 is 0 Å². The highest BCUT2D eigenvalue weighted by Gasteiger charge is 2.22. The SMILES string of the molecule is CC(=O)c1ccc(N2CCN(c3nc(N)c4ccccc4n3)CC2)c(F)c1. The number of para-hydroxylation sites is 1. The number of ketones is 1. The van der Waals surface area contributed by atoms with E-state index >= 15 is 0 Å². The summed E-state index contributed by atoms with van der Waals surface area (Å²) in [5.74, 6) is 0.542. The maximum atomic E-state index is 14.4. The summed E-state index contributed by atoms with van der Waals surface area (Å²) >= 11 is 0. The average molecular weight is 365 g/mol. The van der Waals surface area contributed by atoms with Crippen molar-refractivity contribution < 1.29 is 9.18 Å². The fourth-order valence-electron chi connectivity index (χ4n) is 3.36. The summed E-state index contributed by atoms with van der Waals surface area (Å²) in [6.07, 6.45) is 0. The second kappa shape index (κ2) is 6.83. The van der Waals surface area contributed by atoms with Crippen molar-refractivity contribution >= 4 is 34.1 Å². The van der Waals surface area contributed by atoms with Gasteiger partial charge in [-0.1, -0.05) is 12.1 Å². The van der Waals surface area contributed by atoms with Crippen LogP contribution in [0.25, 0.3) is 10.9 Å². The van der Waals surface area contributed by atoms with E-state index in [1.54, 1.807) is 12.1 Å². The number of aromatic nitrogens is 2. The predicted molar refractivity (Wildman–Crippen MR) is 105 cm³/mol. The van der Waals surface area contributed by atoms with E-state index in [-0.39, 0.29) is 11.6 Å². The van der Waals surface area contributed by atoms with Crippen LogP contribution in [0.5, 0.6) is 0 Å². The molecule has 2 aromatic carbocycles. The molecule has 0 aliphatic carbocycles. The van der Waals surface area contributed by atoms with Gasteiger partial charge in [-0.05, 0) is 37.3 Å². The normalized spacial score (nSPS) is 14.6. The molecule has 0 bridgehead atoms. The maximum absolute atomic E-state index is 14.4. The van der Waals surface area contributed by atoms with Gasteiger partial charge in [-0.3, -0.25) is 4.79 Å². The van der Waals surface area contributed by atoms with Crippen LogP contribution in [0.15, 0.2) is 42.5 Å². The minimum Gasteiger partial charge on any atom is -0.383 e. The van der Waals surface area contributed by atoms with Crippen molar-refractivity contribution in [2.24, 2.45) is 0 Å². The lowest BCUT2D eigenvalue weighted by Crippen LogP contribution is -2.47. The van der Waals surface area contributed by atoms with E-state index in [1.165, 1.54) is 13.0 Å². The van der Waals surface area contributed by atoms with Gasteiger partial charge in [0.05, 0.1) is 11.2 Å². The second-order valence-corrected chi connectivity index (χ2v) is 6.62. The van der Waals surface area contributed by atoms with Crippen molar-refractivity contribution in [3.63, 3.8) is 0 Å². The molecule has 4 rings (SSSR count). The topological polar surface area (TPSA) is 75.4 Å². The van der Waals surface area contributed by atoms with Gasteiger partial charge in [0, 0.05) is 37.1 Å². The highest BCUT2D eigenvalue weighted by molar-refractivity contribution is 5.94. The summed E-state index contributed by atoms with van der Waals surface area (Å²) in [4.78, 5) is 24.5. The zero-order valence-electron chi connectivity index (χ0n) is 15.0. The fraction of sp³-hybridized carbons (Fsp3) is 0.250. The van der Waals surface area contributed by atoms with Gasteiger partial charge in [0.25, 0.3) is 0 Å². The molecule has 1 aliphatic heterocycles. The second-order valence-electron chi connectivity index (χ2n) is 6.62. The first kappa shape index (κ1) is 17.2. The fourth-order valence-corrected chi connectivity index (χ4v) is 3.36. The van der Waals surface area contributed by atoms with Crippen LogP contribution < -0.4 is 15.5 Å². The van der Waals surface area contributed by atoms with E-state index in [4.69, 9.17) is 5.73 Å². The molecule has 6 nitrogen and oxygen atoms in total. The Balaban J connectivity index is 1.52. The van der Waals surface area contributed by atoms with Crippen molar-refractivity contribution in [1.82, 2.24) is 9.97 Å². The van der Waals surface area contributed by atoms with Crippen molar-refractivity contribution in [1.29, 1.82) is 0 Å². The van der Waals surface area contributed by atoms with Crippen LogP contribution >= 0.6 is 0 Å². The van der Waals surface area contributed by atoms with E-state index < -0.39 is 0 Å². The number of anilines is 3. The highest BCUT2D eigenvalue weighted by atomic mass is 19.1. The molecule has 1 aliphatic rings. The Bertz CT molecular complexity index is 1010. The Morgan fingerprint density at radius 3 is 2.44 bits per heavy atom. The number of benzene rings is 2. The number of hydrogen-bond donors (Lipinski definition) is 1. The molecular formula is C20H20FN5O. The molecule has 0 unspecified atom stereocenters. The standard InChI is InChI=1S/C20H20FN5O/c1-13(27)14-6-7-18(16(21)12-14)25-8-10-26(11-9-25)20-23-17-5-3-2-4-15(17)19(22)24-20/h2-7,12H,8-11H2,1H3,(H2,22,23,24). The molecular weight excluding hydrogens is 345 g/mol. The zero-order valence-corrected chi connectivity index (χ0v) is 15.0. The Kier molecular flexibility index (Phi) is 4.35. The van der Waals surface area contributed by atoms with Gasteiger partial charge in [-0.15, -0.1) is 0 Å². The van der Waals surface area contributed by atoms with Gasteiger partial charge in [0.1, 0.15) is 11.6 Å². The minimum absolute atomic E-state index is 0.142. The van der Waals surface area contributed by atoms with E-state index in [9.17, 15) is 9.18 Å². The lowest BCUT2D eigenvalue weighted by Gasteiger charge is -2.36. The Morgan fingerprint density at radius 1 is 1.04 bits per heavy atom. The largest absolute Gasteiger partial charge is 0.383 e. The number of nitrogen functional groups attached to an aromatic ring is 1. The average Bonchev–Trinajstić information content (AvgIpc) is 2.68. The molecule has 0 saturated carbocycles. The van der Waals surface area contributed by atoms with E-state index in [0.717, 1.165) is 10.9 Å². The van der Waals surface area contributed by atoms with Crippen molar-refractivity contribution in [2.75, 3.05) is 41.7 Å². The van der Waals surface area contributed by atoms with Crippen LogP contribution in [0.1, 0.15) is 17.3 Å². The smallest absolute Gasteiger partial charge is 0.228 e. The van der Waals surface area contributed by atoms with Crippen LogP contribution in [0.2, 0.25) is 0 Å². The minimum atomic E-state index is -0.373. The molecule has 2 heterocycles. The van der Waals surface area contributed by atoms with E-state index in [1.807, 2.05) is 29.2 Å². The third-order valence-corrected chi connectivity index (χ3v) is 4.88. The molecule has 1 fully saturated rings. The molecule has 1 aromatic heterocycles. The Hall–Kier alpha value is -3.22. The maximum Gasteiger partial charge on any atom is 0.228 e. The van der Waals surface area contributed by atoms with Crippen LogP contribution in [-0.4, -0.2) is 41.9 Å². The number of nitrogens with zero attached hydrogens (tertiary/aromatic N) is 4. The molecule has 138 valence electrons. The predicted octanol–water partition coefficient (Wildman–Crippen LogP) is 2.88. The molecule has 3 aromatic rings. The number of halogens is 1. The summed E-state index contributed by atoms with van der Waals surface area (Å²) in [6.45, 7) is 4.01. The van der Waals surface area contributed by atoms with Crippen LogP contribution in [-0.2, 0) is 0 Å². The zero-order chi connectivity index (χ0) is 19.0. The summed E-state index contributed by atoms with van der Waals surface area (Å²) in [6, 6.07) is 12.3. The van der Waals surface area contributed by atoms with Gasteiger partial charge in [-0.25, -0.2) is 9.37 Å². The number of carbonyl (C=O) groups excluding carboxylic acids is 1. The third-order valence-electron chi connectivity index (χ3n) is 4.88. The number of rotatable bonds is 3. The first-order valence-electron chi connectivity index (χ1n) is 8.85. The number of hydrogen-bond acceptors (Lipinski definition) is 6. The number of carbonyl (C=O) groups is 1. The number of fused-ring (bicyclic) bond motifs is 1. The molecule has 0 atom stereocenters. The van der Waals surface area contributed by atoms with Gasteiger partial charge < -0.3 is 15.5 Å². The summed E-state index contributed by atoms with van der Waals surface area (Å²) in [5.41, 5.74) is 7.79. The number of Topliss-reactive ketones (excluding diaryl/α,β-unsaturated/α-hetero) is 1. The Labute approximate surface area is 156 Å². The molecule has 1 saturated heterocycles. The summed E-state index contributed by atoms with van der Waals surface area (Å²) in [7, 11) is 0. The lowest BCUT2D eigenvalue weighted by atomic mass is 10.1. The van der Waals surface area contributed by atoms with Crippen LogP contribution in [0.4, 0.5) is 21.8 Å². The first-order chi connectivity index (χ1) is 13.0. The van der Waals surface area contributed by atoms with Gasteiger partial charge in [-0.2, -0.15) is 4.98 Å². The van der Waals surface area contributed by atoms with Crippen molar-refractivity contribution in [2.45, 2.75) is 6.92 Å². The number of nitrogens with two attached hydrogens (primary N) is 1.